The van der Waals surface area contributed by atoms with Gasteiger partial charge in [0.15, 0.2) is 0 Å². The second-order valence-corrected chi connectivity index (χ2v) is 6.47. The lowest BCUT2D eigenvalue weighted by atomic mass is 10.0. The Kier molecular flexibility index (Phi) is 5.19. The van der Waals surface area contributed by atoms with Crippen LogP contribution in [0.4, 0.5) is 5.82 Å². The normalized spacial score (nSPS) is 16.6. The number of hydrogen-bond acceptors (Lipinski definition) is 3. The highest BCUT2D eigenvalue weighted by atomic mass is 35.5. The molecule has 0 saturated carbocycles. The molecule has 2 heterocycles. The largest absolute Gasteiger partial charge is 0.367 e. The summed E-state index contributed by atoms with van der Waals surface area (Å²) in [5.41, 5.74) is 1.21. The van der Waals surface area contributed by atoms with Gasteiger partial charge in [0.1, 0.15) is 5.82 Å². The highest BCUT2D eigenvalue weighted by Gasteiger charge is 2.19. The molecule has 3 nitrogen and oxygen atoms in total. The molecule has 0 radical (unpaired) electrons. The van der Waals surface area contributed by atoms with E-state index in [-0.39, 0.29) is 0 Å². The Morgan fingerprint density at radius 2 is 1.91 bits per heavy atom. The van der Waals surface area contributed by atoms with Gasteiger partial charge in [0.2, 0.25) is 0 Å². The highest BCUT2D eigenvalue weighted by molar-refractivity contribution is 6.42. The Morgan fingerprint density at radius 3 is 2.59 bits per heavy atom. The van der Waals surface area contributed by atoms with Gasteiger partial charge in [-0.05, 0) is 42.7 Å². The van der Waals surface area contributed by atoms with Crippen molar-refractivity contribution in [3.8, 4) is 0 Å². The van der Waals surface area contributed by atoms with Crippen LogP contribution in [-0.4, -0.2) is 29.0 Å². The molecule has 1 N–H and O–H groups in total. The molecule has 0 unspecified atom stereocenters. The molecule has 3 rings (SSSR count). The molecule has 0 amide bonds. The van der Waals surface area contributed by atoms with Crippen molar-refractivity contribution in [3.63, 3.8) is 0 Å². The summed E-state index contributed by atoms with van der Waals surface area (Å²) in [7, 11) is 0. The monoisotopic (exact) mass is 335 g/mol. The molecular formula is C17H19Cl2N3. The summed E-state index contributed by atoms with van der Waals surface area (Å²) in [6, 6.07) is 12.3. The molecule has 22 heavy (non-hydrogen) atoms. The number of piperidine rings is 1. The van der Waals surface area contributed by atoms with Crippen LogP contribution in [0.5, 0.6) is 0 Å². The van der Waals surface area contributed by atoms with Crippen LogP contribution in [-0.2, 0) is 6.54 Å². The lowest BCUT2D eigenvalue weighted by molar-refractivity contribution is 0.211. The van der Waals surface area contributed by atoms with Crippen molar-refractivity contribution < 1.29 is 0 Å². The molecule has 1 fully saturated rings. The number of nitrogens with zero attached hydrogens (tertiary/aromatic N) is 2. The third kappa shape index (κ3) is 4.13. The zero-order chi connectivity index (χ0) is 15.4. The van der Waals surface area contributed by atoms with Gasteiger partial charge in [-0.25, -0.2) is 4.98 Å². The lowest BCUT2D eigenvalue weighted by Crippen LogP contribution is -2.38. The van der Waals surface area contributed by atoms with Gasteiger partial charge in [0, 0.05) is 31.9 Å². The van der Waals surface area contributed by atoms with Crippen molar-refractivity contribution >= 4 is 29.0 Å². The highest BCUT2D eigenvalue weighted by Crippen LogP contribution is 2.24. The van der Waals surface area contributed by atoms with Crippen LogP contribution in [0.3, 0.4) is 0 Å². The Labute approximate surface area is 141 Å². The van der Waals surface area contributed by atoms with Gasteiger partial charge in [-0.2, -0.15) is 0 Å². The van der Waals surface area contributed by atoms with E-state index in [9.17, 15) is 0 Å². The first-order chi connectivity index (χ1) is 10.7. The first kappa shape index (κ1) is 15.6. The van der Waals surface area contributed by atoms with Gasteiger partial charge in [0.25, 0.3) is 0 Å². The summed E-state index contributed by atoms with van der Waals surface area (Å²) in [5, 5.41) is 4.75. The van der Waals surface area contributed by atoms with Gasteiger partial charge in [-0.15, -0.1) is 0 Å². The second kappa shape index (κ2) is 7.32. The predicted octanol–water partition coefficient (Wildman–Crippen LogP) is 4.46. The number of anilines is 1. The van der Waals surface area contributed by atoms with Crippen LogP contribution in [0.1, 0.15) is 18.4 Å². The van der Waals surface area contributed by atoms with Crippen LogP contribution >= 0.6 is 23.2 Å². The van der Waals surface area contributed by atoms with Crippen molar-refractivity contribution in [2.24, 2.45) is 0 Å². The fraction of sp³-hybridized carbons (Fsp3) is 0.353. The fourth-order valence-corrected chi connectivity index (χ4v) is 3.11. The van der Waals surface area contributed by atoms with E-state index < -0.39 is 0 Å². The zero-order valence-corrected chi connectivity index (χ0v) is 13.8. The second-order valence-electron chi connectivity index (χ2n) is 5.66. The van der Waals surface area contributed by atoms with Crippen LogP contribution in [0.15, 0.2) is 42.6 Å². The topological polar surface area (TPSA) is 28.2 Å². The lowest BCUT2D eigenvalue weighted by Gasteiger charge is -2.32. The Morgan fingerprint density at radius 1 is 1.09 bits per heavy atom. The number of pyridine rings is 1. The van der Waals surface area contributed by atoms with E-state index in [2.05, 4.69) is 15.2 Å². The van der Waals surface area contributed by atoms with Crippen LogP contribution in [0.25, 0.3) is 0 Å². The van der Waals surface area contributed by atoms with E-state index in [1.807, 2.05) is 42.6 Å². The minimum Gasteiger partial charge on any atom is -0.367 e. The maximum atomic E-state index is 6.08. The Hall–Kier alpha value is -1.29. The Bertz CT molecular complexity index is 611. The molecule has 1 saturated heterocycles. The van der Waals surface area contributed by atoms with Gasteiger partial charge in [-0.3, -0.25) is 4.90 Å². The smallest absolute Gasteiger partial charge is 0.126 e. The number of aromatic nitrogens is 1. The van der Waals surface area contributed by atoms with Gasteiger partial charge in [0.05, 0.1) is 10.0 Å². The quantitative estimate of drug-likeness (QED) is 0.893. The summed E-state index contributed by atoms with van der Waals surface area (Å²) in [6.07, 6.45) is 4.07. The number of benzene rings is 1. The molecule has 5 heteroatoms. The van der Waals surface area contributed by atoms with Crippen LogP contribution in [0.2, 0.25) is 10.0 Å². The molecule has 1 aliphatic heterocycles. The summed E-state index contributed by atoms with van der Waals surface area (Å²) < 4.78 is 0. The standard InChI is InChI=1S/C17H19Cl2N3/c18-15-5-4-13(11-16(15)19)12-22-9-6-14(7-10-22)21-17-3-1-2-8-20-17/h1-5,8,11,14H,6-7,9-10,12H2,(H,20,21). The first-order valence-corrected chi connectivity index (χ1v) is 8.30. The summed E-state index contributed by atoms with van der Waals surface area (Å²) in [6.45, 7) is 3.07. The minimum atomic E-state index is 0.500. The summed E-state index contributed by atoms with van der Waals surface area (Å²) >= 11 is 12.0. The third-order valence-corrected chi connectivity index (χ3v) is 4.73. The average Bonchev–Trinajstić information content (AvgIpc) is 2.54. The summed E-state index contributed by atoms with van der Waals surface area (Å²) in [4.78, 5) is 6.78. The molecule has 1 aromatic heterocycles. The molecular weight excluding hydrogens is 317 g/mol. The van der Waals surface area contributed by atoms with E-state index in [4.69, 9.17) is 23.2 Å². The van der Waals surface area contributed by atoms with Crippen LogP contribution < -0.4 is 5.32 Å². The van der Waals surface area contributed by atoms with Crippen molar-refractivity contribution in [3.05, 3.63) is 58.2 Å². The number of hydrogen-bond donors (Lipinski definition) is 1. The SMILES string of the molecule is Clc1ccc(CN2CCC(Nc3ccccn3)CC2)cc1Cl. The van der Waals surface area contributed by atoms with Crippen molar-refractivity contribution in [1.29, 1.82) is 0 Å². The van der Waals surface area contributed by atoms with Gasteiger partial charge >= 0.3 is 0 Å². The van der Waals surface area contributed by atoms with E-state index in [0.717, 1.165) is 38.3 Å². The molecule has 1 aliphatic rings. The maximum absolute atomic E-state index is 6.08. The average molecular weight is 336 g/mol. The van der Waals surface area contributed by atoms with Crippen LogP contribution in [0, 0.1) is 0 Å². The number of nitrogens with one attached hydrogen (secondary N) is 1. The number of likely N-dealkylation sites (tertiary alicyclic amines) is 1. The zero-order valence-electron chi connectivity index (χ0n) is 12.3. The van der Waals surface area contributed by atoms with Gasteiger partial charge < -0.3 is 5.32 Å². The number of halogens is 2. The molecule has 116 valence electrons. The maximum Gasteiger partial charge on any atom is 0.126 e. The number of rotatable bonds is 4. The minimum absolute atomic E-state index is 0.500. The molecule has 0 spiro atoms. The fourth-order valence-electron chi connectivity index (χ4n) is 2.79. The van der Waals surface area contributed by atoms with E-state index in [1.165, 1.54) is 5.56 Å². The first-order valence-electron chi connectivity index (χ1n) is 7.54. The van der Waals surface area contributed by atoms with Gasteiger partial charge in [-0.1, -0.05) is 35.3 Å². The predicted molar refractivity (Wildman–Crippen MR) is 92.6 cm³/mol. The van der Waals surface area contributed by atoms with E-state index in [1.54, 1.807) is 0 Å². The van der Waals surface area contributed by atoms with Crippen molar-refractivity contribution in [1.82, 2.24) is 9.88 Å². The molecule has 2 aromatic rings. The molecule has 1 aromatic carbocycles. The molecule has 0 bridgehead atoms. The van der Waals surface area contributed by atoms with Crippen molar-refractivity contribution in [2.45, 2.75) is 25.4 Å². The molecule has 0 aliphatic carbocycles. The van der Waals surface area contributed by atoms with E-state index in [0.29, 0.717) is 16.1 Å². The van der Waals surface area contributed by atoms with E-state index >= 15 is 0 Å². The Balaban J connectivity index is 1.50. The van der Waals surface area contributed by atoms with Crippen molar-refractivity contribution in [2.75, 3.05) is 18.4 Å². The third-order valence-electron chi connectivity index (χ3n) is 3.99. The summed E-state index contributed by atoms with van der Waals surface area (Å²) in [5.74, 6) is 0.963. The molecule has 0 atom stereocenters.